The highest BCUT2D eigenvalue weighted by molar-refractivity contribution is 9.10. The first-order valence-electron chi connectivity index (χ1n) is 8.40. The summed E-state index contributed by atoms with van der Waals surface area (Å²) in [6, 6.07) is 6.64. The molecular formula is C19H19BrFN3O4. The van der Waals surface area contributed by atoms with E-state index in [4.69, 9.17) is 0 Å². The van der Waals surface area contributed by atoms with E-state index in [-0.39, 0.29) is 12.8 Å². The topological polar surface area (TPSA) is 108 Å². The van der Waals surface area contributed by atoms with Crippen LogP contribution in [0.4, 0.5) is 4.39 Å². The third-order valence-corrected chi connectivity index (χ3v) is 4.64. The molecule has 9 heteroatoms. The first kappa shape index (κ1) is 21.5. The maximum Gasteiger partial charge on any atom is 0.326 e. The minimum absolute atomic E-state index is 0.0127. The number of aliphatic carboxylic acids is 1. The van der Waals surface area contributed by atoms with E-state index in [1.165, 1.54) is 31.2 Å². The van der Waals surface area contributed by atoms with Crippen LogP contribution < -0.4 is 10.6 Å². The molecular weight excluding hydrogens is 433 g/mol. The van der Waals surface area contributed by atoms with Gasteiger partial charge in [0.25, 0.3) is 0 Å². The van der Waals surface area contributed by atoms with Gasteiger partial charge in [-0.05, 0) is 45.3 Å². The number of hydrogen-bond acceptors (Lipinski definition) is 4. The molecule has 148 valence electrons. The highest BCUT2D eigenvalue weighted by atomic mass is 79.9. The van der Waals surface area contributed by atoms with Gasteiger partial charge in [-0.2, -0.15) is 0 Å². The van der Waals surface area contributed by atoms with Crippen LogP contribution in [0.1, 0.15) is 18.1 Å². The van der Waals surface area contributed by atoms with Gasteiger partial charge >= 0.3 is 5.97 Å². The Labute approximate surface area is 169 Å². The van der Waals surface area contributed by atoms with Gasteiger partial charge in [0.2, 0.25) is 11.8 Å². The van der Waals surface area contributed by atoms with Crippen molar-refractivity contribution < 1.29 is 23.9 Å². The lowest BCUT2D eigenvalue weighted by Crippen LogP contribution is -2.52. The van der Waals surface area contributed by atoms with E-state index in [9.17, 15) is 23.9 Å². The van der Waals surface area contributed by atoms with E-state index in [2.05, 4.69) is 31.5 Å². The highest BCUT2D eigenvalue weighted by Crippen LogP contribution is 2.15. The number of pyridine rings is 1. The molecule has 0 aliphatic rings. The number of nitrogens with one attached hydrogen (secondary N) is 2. The van der Waals surface area contributed by atoms with Crippen LogP contribution in [0, 0.1) is 5.82 Å². The van der Waals surface area contributed by atoms with Gasteiger partial charge in [0.15, 0.2) is 0 Å². The van der Waals surface area contributed by atoms with E-state index < -0.39 is 35.7 Å². The van der Waals surface area contributed by atoms with Gasteiger partial charge in [-0.15, -0.1) is 0 Å². The van der Waals surface area contributed by atoms with Gasteiger partial charge in [0.05, 0.1) is 0 Å². The van der Waals surface area contributed by atoms with Crippen molar-refractivity contribution in [1.82, 2.24) is 15.6 Å². The Morgan fingerprint density at radius 3 is 2.36 bits per heavy atom. The Morgan fingerprint density at radius 1 is 1.11 bits per heavy atom. The summed E-state index contributed by atoms with van der Waals surface area (Å²) in [5.41, 5.74) is 1.24. The quantitative estimate of drug-likeness (QED) is 0.530. The summed E-state index contributed by atoms with van der Waals surface area (Å²) >= 11 is 3.25. The first-order valence-corrected chi connectivity index (χ1v) is 9.19. The van der Waals surface area contributed by atoms with E-state index in [1.54, 1.807) is 18.3 Å². The molecule has 0 saturated heterocycles. The Hall–Kier alpha value is -2.81. The normalized spacial score (nSPS) is 12.7. The molecule has 28 heavy (non-hydrogen) atoms. The number of carboxylic acid groups (broad SMARTS) is 1. The zero-order valence-electron chi connectivity index (χ0n) is 15.0. The minimum atomic E-state index is -1.22. The molecule has 3 N–H and O–H groups in total. The highest BCUT2D eigenvalue weighted by Gasteiger charge is 2.27. The van der Waals surface area contributed by atoms with Crippen molar-refractivity contribution in [3.63, 3.8) is 0 Å². The second kappa shape index (κ2) is 9.93. The van der Waals surface area contributed by atoms with Crippen LogP contribution in [-0.4, -0.2) is 40.0 Å². The summed E-state index contributed by atoms with van der Waals surface area (Å²) in [6.45, 7) is 1.26. The molecule has 0 aliphatic carbocycles. The van der Waals surface area contributed by atoms with E-state index in [0.717, 1.165) is 0 Å². The van der Waals surface area contributed by atoms with Crippen LogP contribution in [0.3, 0.4) is 0 Å². The number of nitrogens with zero attached hydrogens (tertiary/aromatic N) is 1. The van der Waals surface area contributed by atoms with E-state index in [0.29, 0.717) is 15.7 Å². The minimum Gasteiger partial charge on any atom is -0.480 e. The molecule has 0 spiro atoms. The average molecular weight is 452 g/mol. The molecule has 0 aliphatic heterocycles. The monoisotopic (exact) mass is 451 g/mol. The molecule has 2 atom stereocenters. The Balaban J connectivity index is 2.14. The predicted molar refractivity (Wildman–Crippen MR) is 103 cm³/mol. The van der Waals surface area contributed by atoms with Crippen LogP contribution in [0.25, 0.3) is 0 Å². The predicted octanol–water partition coefficient (Wildman–Crippen LogP) is 1.84. The summed E-state index contributed by atoms with van der Waals surface area (Å²) < 4.78 is 13.6. The molecule has 2 amide bonds. The van der Waals surface area contributed by atoms with Crippen molar-refractivity contribution in [2.24, 2.45) is 0 Å². The molecule has 7 nitrogen and oxygen atoms in total. The SMILES string of the molecule is CC(=O)N[C@H](Cc1ccc(F)cc1)C(=O)N[C@@H](Cc1cccnc1Br)C(=O)O. The van der Waals surface area contributed by atoms with Crippen LogP contribution >= 0.6 is 15.9 Å². The lowest BCUT2D eigenvalue weighted by Gasteiger charge is -2.21. The molecule has 0 saturated carbocycles. The van der Waals surface area contributed by atoms with Crippen molar-refractivity contribution in [1.29, 1.82) is 0 Å². The van der Waals surface area contributed by atoms with Crippen LogP contribution in [0.15, 0.2) is 47.2 Å². The number of amides is 2. The molecule has 0 fully saturated rings. The average Bonchev–Trinajstić information content (AvgIpc) is 2.63. The molecule has 0 radical (unpaired) electrons. The molecule has 0 unspecified atom stereocenters. The second-order valence-corrected chi connectivity index (χ2v) is 6.89. The summed E-state index contributed by atoms with van der Waals surface area (Å²) in [5.74, 6) is -2.72. The number of halogens is 2. The van der Waals surface area contributed by atoms with Crippen molar-refractivity contribution >= 4 is 33.7 Å². The summed E-state index contributed by atoms with van der Waals surface area (Å²) in [7, 11) is 0. The standard InChI is InChI=1S/C19H19BrFN3O4/c1-11(25)23-15(9-12-4-6-14(21)7-5-12)18(26)24-16(19(27)28)10-13-3-2-8-22-17(13)20/h2-8,15-16H,9-10H2,1H3,(H,23,25)(H,24,26)(H,27,28)/t15-,16+/m1/s1. The van der Waals surface area contributed by atoms with Gasteiger partial charge in [-0.3, -0.25) is 9.59 Å². The third kappa shape index (κ3) is 6.41. The zero-order valence-corrected chi connectivity index (χ0v) is 16.6. The van der Waals surface area contributed by atoms with Crippen LogP contribution in [-0.2, 0) is 27.2 Å². The van der Waals surface area contributed by atoms with Crippen molar-refractivity contribution in [2.75, 3.05) is 0 Å². The molecule has 2 rings (SSSR count). The van der Waals surface area contributed by atoms with Crippen molar-refractivity contribution in [2.45, 2.75) is 31.8 Å². The van der Waals surface area contributed by atoms with Gasteiger partial charge in [0.1, 0.15) is 22.5 Å². The van der Waals surface area contributed by atoms with Gasteiger partial charge in [-0.1, -0.05) is 18.2 Å². The maximum absolute atomic E-state index is 13.1. The third-order valence-electron chi connectivity index (χ3n) is 3.92. The smallest absolute Gasteiger partial charge is 0.326 e. The number of rotatable bonds is 8. The van der Waals surface area contributed by atoms with Gasteiger partial charge in [-0.25, -0.2) is 14.2 Å². The van der Waals surface area contributed by atoms with Gasteiger partial charge < -0.3 is 15.7 Å². The van der Waals surface area contributed by atoms with Crippen molar-refractivity contribution in [3.05, 3.63) is 64.1 Å². The lowest BCUT2D eigenvalue weighted by molar-refractivity contribution is -0.142. The van der Waals surface area contributed by atoms with Crippen LogP contribution in [0.2, 0.25) is 0 Å². The summed E-state index contributed by atoms with van der Waals surface area (Å²) in [4.78, 5) is 39.8. The number of aromatic nitrogens is 1. The number of carbonyl (C=O) groups is 3. The number of carboxylic acids is 1. The van der Waals surface area contributed by atoms with Crippen molar-refractivity contribution in [3.8, 4) is 0 Å². The Morgan fingerprint density at radius 2 is 1.79 bits per heavy atom. The molecule has 1 aromatic carbocycles. The summed E-state index contributed by atoms with van der Waals surface area (Å²) in [5, 5.41) is 14.4. The summed E-state index contributed by atoms with van der Waals surface area (Å²) in [6.07, 6.45) is 1.66. The molecule has 1 aromatic heterocycles. The maximum atomic E-state index is 13.1. The van der Waals surface area contributed by atoms with E-state index in [1.807, 2.05) is 0 Å². The number of hydrogen-bond donors (Lipinski definition) is 3. The lowest BCUT2D eigenvalue weighted by atomic mass is 10.0. The molecule has 0 bridgehead atoms. The zero-order chi connectivity index (χ0) is 20.7. The number of benzene rings is 1. The Kier molecular flexibility index (Phi) is 7.62. The van der Waals surface area contributed by atoms with E-state index >= 15 is 0 Å². The van der Waals surface area contributed by atoms with Crippen LogP contribution in [0.5, 0.6) is 0 Å². The molecule has 1 heterocycles. The fourth-order valence-corrected chi connectivity index (χ4v) is 2.99. The molecule has 2 aromatic rings. The first-order chi connectivity index (χ1) is 13.3. The fraction of sp³-hybridized carbons (Fsp3) is 0.263. The second-order valence-electron chi connectivity index (χ2n) is 6.14. The fourth-order valence-electron chi connectivity index (χ4n) is 2.57. The van der Waals surface area contributed by atoms with Gasteiger partial charge in [0, 0.05) is 26.0 Å². The largest absolute Gasteiger partial charge is 0.480 e. The Bertz CT molecular complexity index is 861. The number of carbonyl (C=O) groups excluding carboxylic acids is 2.